The van der Waals surface area contributed by atoms with Gasteiger partial charge >= 0.3 is 0 Å². The Kier molecular flexibility index (Phi) is 4.25. The molecule has 0 radical (unpaired) electrons. The van der Waals surface area contributed by atoms with E-state index in [0.717, 1.165) is 11.3 Å². The Labute approximate surface area is 134 Å². The number of rotatable bonds is 5. The molecule has 0 bridgehead atoms. The normalized spacial score (nSPS) is 14.0. The van der Waals surface area contributed by atoms with Gasteiger partial charge in [-0.1, -0.05) is 6.07 Å². The van der Waals surface area contributed by atoms with E-state index in [1.165, 1.54) is 0 Å². The smallest absolute Gasteiger partial charge is 0.258 e. The van der Waals surface area contributed by atoms with Gasteiger partial charge in [0.15, 0.2) is 0 Å². The van der Waals surface area contributed by atoms with Gasteiger partial charge in [0.1, 0.15) is 5.65 Å². The van der Waals surface area contributed by atoms with E-state index in [0.29, 0.717) is 12.2 Å². The molecule has 0 aliphatic carbocycles. The minimum absolute atomic E-state index is 0.0594. The van der Waals surface area contributed by atoms with Crippen LogP contribution >= 0.6 is 0 Å². The SMILES string of the molecule is Cc1cnn(C(C)C(C)NCc2cc(=O)n3ccccc3n2)c1. The maximum Gasteiger partial charge on any atom is 0.258 e. The second-order valence-corrected chi connectivity index (χ2v) is 5.92. The highest BCUT2D eigenvalue weighted by Crippen LogP contribution is 2.11. The van der Waals surface area contributed by atoms with Crippen LogP contribution in [-0.4, -0.2) is 25.2 Å². The molecule has 3 aromatic rings. The fourth-order valence-electron chi connectivity index (χ4n) is 2.51. The lowest BCUT2D eigenvalue weighted by molar-refractivity contribution is 0.363. The number of fused-ring (bicyclic) bond motifs is 1. The zero-order valence-corrected chi connectivity index (χ0v) is 13.6. The summed E-state index contributed by atoms with van der Waals surface area (Å²) in [7, 11) is 0. The third-order valence-corrected chi connectivity index (χ3v) is 4.10. The van der Waals surface area contributed by atoms with Gasteiger partial charge in [0.25, 0.3) is 5.56 Å². The highest BCUT2D eigenvalue weighted by Gasteiger charge is 2.14. The summed E-state index contributed by atoms with van der Waals surface area (Å²) >= 11 is 0. The largest absolute Gasteiger partial charge is 0.307 e. The van der Waals surface area contributed by atoms with Crippen LogP contribution in [0.25, 0.3) is 5.65 Å². The molecule has 3 aromatic heterocycles. The van der Waals surface area contributed by atoms with Gasteiger partial charge in [0.05, 0.1) is 17.9 Å². The Balaban J connectivity index is 1.71. The van der Waals surface area contributed by atoms with Gasteiger partial charge in [-0.15, -0.1) is 0 Å². The van der Waals surface area contributed by atoms with E-state index in [1.54, 1.807) is 16.7 Å². The molecule has 1 N–H and O–H groups in total. The van der Waals surface area contributed by atoms with Crippen molar-refractivity contribution in [2.75, 3.05) is 0 Å². The molecule has 23 heavy (non-hydrogen) atoms. The zero-order valence-electron chi connectivity index (χ0n) is 13.6. The number of pyridine rings is 1. The Hall–Kier alpha value is -2.47. The summed E-state index contributed by atoms with van der Waals surface area (Å²) in [6, 6.07) is 7.53. The van der Waals surface area contributed by atoms with E-state index in [4.69, 9.17) is 0 Å². The zero-order chi connectivity index (χ0) is 16.4. The van der Waals surface area contributed by atoms with Gasteiger partial charge in [-0.25, -0.2) is 4.98 Å². The van der Waals surface area contributed by atoms with Crippen LogP contribution in [0.4, 0.5) is 0 Å². The molecule has 0 aliphatic heterocycles. The van der Waals surface area contributed by atoms with Crippen LogP contribution in [0.15, 0.2) is 47.7 Å². The molecule has 2 unspecified atom stereocenters. The molecular formula is C17H21N5O. The Morgan fingerprint density at radius 1 is 1.30 bits per heavy atom. The number of nitrogens with one attached hydrogen (secondary N) is 1. The van der Waals surface area contributed by atoms with Crippen LogP contribution in [0.3, 0.4) is 0 Å². The lowest BCUT2D eigenvalue weighted by atomic mass is 10.1. The second-order valence-electron chi connectivity index (χ2n) is 5.92. The molecule has 6 heteroatoms. The molecule has 2 atom stereocenters. The molecule has 120 valence electrons. The van der Waals surface area contributed by atoms with Crippen molar-refractivity contribution < 1.29 is 0 Å². The lowest BCUT2D eigenvalue weighted by Crippen LogP contribution is -2.34. The summed E-state index contributed by atoms with van der Waals surface area (Å²) in [5, 5.41) is 7.78. The standard InChI is InChI=1S/C17H21N5O/c1-12-9-19-22(11-12)14(3)13(2)18-10-15-8-17(23)21-7-5-4-6-16(21)20-15/h4-9,11,13-14,18H,10H2,1-3H3. The van der Waals surface area contributed by atoms with Crippen molar-refractivity contribution in [2.45, 2.75) is 39.4 Å². The summed E-state index contributed by atoms with van der Waals surface area (Å²) in [4.78, 5) is 16.6. The molecule has 0 saturated carbocycles. The maximum atomic E-state index is 12.1. The molecule has 3 heterocycles. The number of nitrogens with zero attached hydrogens (tertiary/aromatic N) is 4. The van der Waals surface area contributed by atoms with E-state index >= 15 is 0 Å². The highest BCUT2D eigenvalue weighted by atomic mass is 16.1. The number of aromatic nitrogens is 4. The predicted molar refractivity (Wildman–Crippen MR) is 89.4 cm³/mol. The maximum absolute atomic E-state index is 12.1. The summed E-state index contributed by atoms with van der Waals surface area (Å²) in [5.41, 5.74) is 2.50. The first kappa shape index (κ1) is 15.4. The number of hydrogen-bond donors (Lipinski definition) is 1. The van der Waals surface area contributed by atoms with Gasteiger partial charge in [0, 0.05) is 31.0 Å². The summed E-state index contributed by atoms with van der Waals surface area (Å²) in [6.07, 6.45) is 5.62. The van der Waals surface area contributed by atoms with Crippen LogP contribution in [0.1, 0.15) is 31.1 Å². The van der Waals surface area contributed by atoms with Crippen molar-refractivity contribution in [3.8, 4) is 0 Å². The molecule has 0 amide bonds. The van der Waals surface area contributed by atoms with E-state index in [1.807, 2.05) is 42.2 Å². The van der Waals surface area contributed by atoms with Gasteiger partial charge in [0.2, 0.25) is 0 Å². The van der Waals surface area contributed by atoms with E-state index in [-0.39, 0.29) is 17.6 Å². The molecular weight excluding hydrogens is 290 g/mol. The van der Waals surface area contributed by atoms with Gasteiger partial charge in [-0.2, -0.15) is 5.10 Å². The van der Waals surface area contributed by atoms with Crippen LogP contribution < -0.4 is 10.9 Å². The van der Waals surface area contributed by atoms with Crippen LogP contribution in [0.5, 0.6) is 0 Å². The first-order valence-electron chi connectivity index (χ1n) is 7.76. The molecule has 0 fully saturated rings. The van der Waals surface area contributed by atoms with Crippen LogP contribution in [0.2, 0.25) is 0 Å². The third kappa shape index (κ3) is 3.32. The van der Waals surface area contributed by atoms with Gasteiger partial charge in [-0.05, 0) is 38.5 Å². The third-order valence-electron chi connectivity index (χ3n) is 4.10. The molecule has 6 nitrogen and oxygen atoms in total. The second kappa shape index (κ2) is 6.34. The number of aryl methyl sites for hydroxylation is 1. The van der Waals surface area contributed by atoms with Gasteiger partial charge < -0.3 is 5.32 Å². The fraction of sp³-hybridized carbons (Fsp3) is 0.353. The summed E-state index contributed by atoms with van der Waals surface area (Å²) in [5.74, 6) is 0. The number of hydrogen-bond acceptors (Lipinski definition) is 4. The topological polar surface area (TPSA) is 64.2 Å². The average Bonchev–Trinajstić information content (AvgIpc) is 2.98. The predicted octanol–water partition coefficient (Wildman–Crippen LogP) is 1.94. The molecule has 0 saturated heterocycles. The highest BCUT2D eigenvalue weighted by molar-refractivity contribution is 5.37. The minimum atomic E-state index is -0.0594. The molecule has 3 rings (SSSR count). The minimum Gasteiger partial charge on any atom is -0.307 e. The van der Waals surface area contributed by atoms with Crippen LogP contribution in [0, 0.1) is 6.92 Å². The van der Waals surface area contributed by atoms with Crippen molar-refractivity contribution >= 4 is 5.65 Å². The van der Waals surface area contributed by atoms with Crippen molar-refractivity contribution in [1.29, 1.82) is 0 Å². The van der Waals surface area contributed by atoms with Gasteiger partial charge in [-0.3, -0.25) is 13.9 Å². The Morgan fingerprint density at radius 3 is 2.87 bits per heavy atom. The van der Waals surface area contributed by atoms with Crippen molar-refractivity contribution in [3.63, 3.8) is 0 Å². The van der Waals surface area contributed by atoms with Crippen LogP contribution in [-0.2, 0) is 6.54 Å². The Bertz CT molecular complexity index is 867. The quantitative estimate of drug-likeness (QED) is 0.782. The first-order chi connectivity index (χ1) is 11.0. The summed E-state index contributed by atoms with van der Waals surface area (Å²) in [6.45, 7) is 6.80. The van der Waals surface area contributed by atoms with Crippen molar-refractivity contribution in [1.82, 2.24) is 24.5 Å². The molecule has 0 spiro atoms. The Morgan fingerprint density at radius 2 is 2.13 bits per heavy atom. The molecule has 0 aromatic carbocycles. The van der Waals surface area contributed by atoms with E-state index < -0.39 is 0 Å². The van der Waals surface area contributed by atoms with Crippen molar-refractivity contribution in [2.24, 2.45) is 0 Å². The average molecular weight is 311 g/mol. The fourth-order valence-corrected chi connectivity index (χ4v) is 2.51. The lowest BCUT2D eigenvalue weighted by Gasteiger charge is -2.21. The first-order valence-corrected chi connectivity index (χ1v) is 7.76. The van der Waals surface area contributed by atoms with E-state index in [9.17, 15) is 4.79 Å². The molecule has 0 aliphatic rings. The summed E-state index contributed by atoms with van der Waals surface area (Å²) < 4.78 is 3.50. The van der Waals surface area contributed by atoms with Crippen molar-refractivity contribution in [3.05, 3.63) is 64.5 Å². The van der Waals surface area contributed by atoms with E-state index in [2.05, 4.69) is 29.2 Å². The monoisotopic (exact) mass is 311 g/mol.